The van der Waals surface area contributed by atoms with E-state index in [4.69, 9.17) is 4.74 Å². The lowest BCUT2D eigenvalue weighted by Gasteiger charge is -2.39. The van der Waals surface area contributed by atoms with Crippen molar-refractivity contribution < 1.29 is 19.1 Å². The summed E-state index contributed by atoms with van der Waals surface area (Å²) in [4.78, 5) is 25.7. The van der Waals surface area contributed by atoms with E-state index in [1.807, 2.05) is 0 Å². The van der Waals surface area contributed by atoms with Crippen molar-refractivity contribution in [2.24, 2.45) is 0 Å². The van der Waals surface area contributed by atoms with Crippen molar-refractivity contribution in [3.05, 3.63) is 0 Å². The number of likely N-dealkylation sites (tertiary alicyclic amines) is 1. The molecule has 0 bridgehead atoms. The Labute approximate surface area is 131 Å². The molecule has 0 saturated carbocycles. The Morgan fingerprint density at radius 1 is 1.18 bits per heavy atom. The molecule has 22 heavy (non-hydrogen) atoms. The molecule has 0 aromatic carbocycles. The van der Waals surface area contributed by atoms with E-state index in [0.717, 1.165) is 52.0 Å². The predicted molar refractivity (Wildman–Crippen MR) is 81.6 cm³/mol. The summed E-state index contributed by atoms with van der Waals surface area (Å²) in [6.45, 7) is 5.39. The lowest BCUT2D eigenvalue weighted by atomic mass is 9.99. The quantitative estimate of drug-likeness (QED) is 0.790. The van der Waals surface area contributed by atoms with Crippen molar-refractivity contribution in [2.45, 2.75) is 50.7 Å². The van der Waals surface area contributed by atoms with E-state index in [0.29, 0.717) is 6.04 Å². The molecule has 2 amide bonds. The smallest absolute Gasteiger partial charge is 0.407 e. The molecular weight excluding hydrogens is 286 g/mol. The van der Waals surface area contributed by atoms with Crippen LogP contribution in [-0.4, -0.2) is 68.4 Å². The lowest BCUT2D eigenvalue weighted by Crippen LogP contribution is -2.52. The van der Waals surface area contributed by atoms with Crippen LogP contribution in [0.3, 0.4) is 0 Å². The van der Waals surface area contributed by atoms with E-state index < -0.39 is 12.1 Å². The van der Waals surface area contributed by atoms with Gasteiger partial charge in [0.1, 0.15) is 6.04 Å². The molecule has 0 spiro atoms. The Bertz CT molecular complexity index is 377. The number of nitrogens with zero attached hydrogens (tertiary/aromatic N) is 1. The third kappa shape index (κ3) is 4.84. The molecule has 0 aromatic heterocycles. The molecule has 2 heterocycles. The second kappa shape index (κ2) is 8.33. The van der Waals surface area contributed by atoms with Gasteiger partial charge in [0.15, 0.2) is 0 Å². The predicted octanol–water partition coefficient (Wildman–Crippen LogP) is 0.491. The maximum atomic E-state index is 12.0. The van der Waals surface area contributed by atoms with Crippen molar-refractivity contribution in [2.75, 3.05) is 33.4 Å². The zero-order valence-electron chi connectivity index (χ0n) is 13.5. The molecular formula is C15H27N3O4. The maximum absolute atomic E-state index is 12.0. The zero-order chi connectivity index (χ0) is 15.9. The van der Waals surface area contributed by atoms with Gasteiger partial charge in [0.2, 0.25) is 5.91 Å². The fourth-order valence-electron chi connectivity index (χ4n) is 3.09. The minimum absolute atomic E-state index is 0.157. The Kier molecular flexibility index (Phi) is 6.45. The van der Waals surface area contributed by atoms with Crippen LogP contribution in [0.1, 0.15) is 32.6 Å². The van der Waals surface area contributed by atoms with Crippen LogP contribution in [0.5, 0.6) is 0 Å². The van der Waals surface area contributed by atoms with Gasteiger partial charge in [-0.3, -0.25) is 4.79 Å². The van der Waals surface area contributed by atoms with Crippen LogP contribution < -0.4 is 10.6 Å². The van der Waals surface area contributed by atoms with Gasteiger partial charge >= 0.3 is 6.09 Å². The highest BCUT2D eigenvalue weighted by atomic mass is 16.5. The molecule has 2 aliphatic heterocycles. The number of carbonyl (C=O) groups is 2. The van der Waals surface area contributed by atoms with Gasteiger partial charge in [-0.25, -0.2) is 4.79 Å². The molecule has 2 fully saturated rings. The molecule has 1 atom stereocenters. The highest BCUT2D eigenvalue weighted by Crippen LogP contribution is 2.19. The van der Waals surface area contributed by atoms with Gasteiger partial charge < -0.3 is 25.0 Å². The number of carbonyl (C=O) groups excluding carboxylic acids is 2. The van der Waals surface area contributed by atoms with Crippen molar-refractivity contribution >= 4 is 12.0 Å². The first kappa shape index (κ1) is 17.0. The topological polar surface area (TPSA) is 79.9 Å². The Morgan fingerprint density at radius 3 is 2.41 bits per heavy atom. The molecule has 0 aromatic rings. The monoisotopic (exact) mass is 313 g/mol. The largest absolute Gasteiger partial charge is 0.453 e. The molecule has 2 rings (SSSR count). The van der Waals surface area contributed by atoms with E-state index in [1.165, 1.54) is 7.11 Å². The Morgan fingerprint density at radius 2 is 1.82 bits per heavy atom. The summed E-state index contributed by atoms with van der Waals surface area (Å²) in [7, 11) is 1.28. The average Bonchev–Trinajstić information content (AvgIpc) is 2.56. The van der Waals surface area contributed by atoms with Gasteiger partial charge in [0.05, 0.1) is 7.11 Å². The molecule has 2 aliphatic rings. The first-order chi connectivity index (χ1) is 10.6. The number of hydrogen-bond donors (Lipinski definition) is 2. The minimum atomic E-state index is -0.586. The summed E-state index contributed by atoms with van der Waals surface area (Å²) >= 11 is 0. The Hall–Kier alpha value is -1.34. The summed E-state index contributed by atoms with van der Waals surface area (Å²) in [5.74, 6) is -0.157. The number of rotatable bonds is 4. The normalized spacial score (nSPS) is 22.8. The molecule has 2 N–H and O–H groups in total. The summed E-state index contributed by atoms with van der Waals surface area (Å²) < 4.78 is 9.90. The van der Waals surface area contributed by atoms with Crippen LogP contribution in [0.4, 0.5) is 4.79 Å². The maximum Gasteiger partial charge on any atom is 0.407 e. The van der Waals surface area contributed by atoms with E-state index in [9.17, 15) is 9.59 Å². The molecule has 2 saturated heterocycles. The highest BCUT2D eigenvalue weighted by molar-refractivity contribution is 5.85. The van der Waals surface area contributed by atoms with Crippen molar-refractivity contribution in [3.63, 3.8) is 0 Å². The van der Waals surface area contributed by atoms with Gasteiger partial charge in [-0.05, 0) is 32.6 Å². The lowest BCUT2D eigenvalue weighted by molar-refractivity contribution is -0.123. The number of piperidine rings is 1. The molecule has 7 nitrogen and oxygen atoms in total. The number of methoxy groups -OCH3 is 1. The number of hydrogen-bond acceptors (Lipinski definition) is 5. The summed E-state index contributed by atoms with van der Waals surface area (Å²) in [6, 6.07) is 0.233. The summed E-state index contributed by atoms with van der Waals surface area (Å²) in [6.07, 6.45) is 3.54. The highest BCUT2D eigenvalue weighted by Gasteiger charge is 2.28. The minimum Gasteiger partial charge on any atom is -0.453 e. The number of alkyl carbamates (subject to hydrolysis) is 1. The van der Waals surface area contributed by atoms with Crippen LogP contribution in [0.25, 0.3) is 0 Å². The second-order valence-electron chi connectivity index (χ2n) is 6.02. The standard InChI is InChI=1S/C15H27N3O4/c1-11(16-15(20)21-2)14(19)17-12-3-7-18(8-4-12)13-5-9-22-10-6-13/h11-13H,3-10H2,1-2H3,(H,16,20)(H,17,19). The van der Waals surface area contributed by atoms with E-state index in [-0.39, 0.29) is 11.9 Å². The van der Waals surface area contributed by atoms with Crippen molar-refractivity contribution in [3.8, 4) is 0 Å². The van der Waals surface area contributed by atoms with Gasteiger partial charge in [0, 0.05) is 38.4 Å². The van der Waals surface area contributed by atoms with Crippen molar-refractivity contribution in [1.29, 1.82) is 0 Å². The first-order valence-electron chi connectivity index (χ1n) is 8.06. The zero-order valence-corrected chi connectivity index (χ0v) is 13.5. The molecule has 0 aliphatic carbocycles. The fourth-order valence-corrected chi connectivity index (χ4v) is 3.09. The second-order valence-corrected chi connectivity index (χ2v) is 6.02. The summed E-state index contributed by atoms with van der Waals surface area (Å²) in [5.41, 5.74) is 0. The number of nitrogens with one attached hydrogen (secondary N) is 2. The average molecular weight is 313 g/mol. The number of ether oxygens (including phenoxy) is 2. The first-order valence-corrected chi connectivity index (χ1v) is 8.06. The van der Waals surface area contributed by atoms with Crippen LogP contribution in [0.15, 0.2) is 0 Å². The van der Waals surface area contributed by atoms with Crippen LogP contribution in [0, 0.1) is 0 Å². The van der Waals surface area contributed by atoms with Crippen LogP contribution >= 0.6 is 0 Å². The van der Waals surface area contributed by atoms with Gasteiger partial charge in [-0.2, -0.15) is 0 Å². The molecule has 126 valence electrons. The fraction of sp³-hybridized carbons (Fsp3) is 0.867. The third-order valence-electron chi connectivity index (χ3n) is 4.50. The van der Waals surface area contributed by atoms with Crippen molar-refractivity contribution in [1.82, 2.24) is 15.5 Å². The molecule has 7 heteroatoms. The van der Waals surface area contributed by atoms with Gasteiger partial charge in [0.25, 0.3) is 0 Å². The van der Waals surface area contributed by atoms with Crippen LogP contribution in [0.2, 0.25) is 0 Å². The Balaban J connectivity index is 1.70. The molecule has 0 radical (unpaired) electrons. The SMILES string of the molecule is COC(=O)NC(C)C(=O)NC1CCN(C2CCOCC2)CC1. The van der Waals surface area contributed by atoms with Gasteiger partial charge in [-0.15, -0.1) is 0 Å². The molecule has 1 unspecified atom stereocenters. The summed E-state index contributed by atoms with van der Waals surface area (Å²) in [5, 5.41) is 5.49. The van der Waals surface area contributed by atoms with E-state index >= 15 is 0 Å². The van der Waals surface area contributed by atoms with E-state index in [2.05, 4.69) is 20.3 Å². The number of amides is 2. The van der Waals surface area contributed by atoms with Gasteiger partial charge in [-0.1, -0.05) is 0 Å². The van der Waals surface area contributed by atoms with Crippen LogP contribution in [-0.2, 0) is 14.3 Å². The van der Waals surface area contributed by atoms with E-state index in [1.54, 1.807) is 6.92 Å². The third-order valence-corrected chi connectivity index (χ3v) is 4.50.